The van der Waals surface area contributed by atoms with Crippen molar-refractivity contribution in [2.45, 2.75) is 19.3 Å². The SMILES string of the molecule is O=C(O)C(=O)O.O=C(O)CCCC(=O)O. The molecule has 0 atom stereocenters. The number of aliphatic carboxylic acids is 4. The molecule has 0 rings (SSSR count). The molecule has 0 spiro atoms. The van der Waals surface area contributed by atoms with E-state index in [0.717, 1.165) is 0 Å². The Hall–Kier alpha value is -2.12. The minimum absolute atomic E-state index is 0.0632. The molecule has 15 heavy (non-hydrogen) atoms. The Morgan fingerprint density at radius 3 is 1.07 bits per heavy atom. The van der Waals surface area contributed by atoms with Gasteiger partial charge < -0.3 is 20.4 Å². The molecule has 0 fully saturated rings. The maximum atomic E-state index is 9.79. The predicted molar refractivity (Wildman–Crippen MR) is 44.4 cm³/mol. The molecule has 86 valence electrons. The van der Waals surface area contributed by atoms with Gasteiger partial charge in [0.25, 0.3) is 0 Å². The van der Waals surface area contributed by atoms with Crippen LogP contribution in [0.4, 0.5) is 0 Å². The van der Waals surface area contributed by atoms with E-state index in [4.69, 9.17) is 30.0 Å². The van der Waals surface area contributed by atoms with Crippen LogP contribution in [-0.4, -0.2) is 44.3 Å². The van der Waals surface area contributed by atoms with E-state index in [2.05, 4.69) is 0 Å². The summed E-state index contributed by atoms with van der Waals surface area (Å²) in [7, 11) is 0. The number of hydrogen-bond acceptors (Lipinski definition) is 4. The van der Waals surface area contributed by atoms with Gasteiger partial charge in [0.05, 0.1) is 0 Å². The lowest BCUT2D eigenvalue weighted by Crippen LogP contribution is -2.09. The van der Waals surface area contributed by atoms with E-state index in [0.29, 0.717) is 0 Å². The van der Waals surface area contributed by atoms with Crippen molar-refractivity contribution in [3.05, 3.63) is 0 Å². The predicted octanol–water partition coefficient (Wildman–Crippen LogP) is -0.519. The highest BCUT2D eigenvalue weighted by atomic mass is 16.4. The second-order valence-corrected chi connectivity index (χ2v) is 2.25. The first-order valence-electron chi connectivity index (χ1n) is 3.67. The first-order valence-corrected chi connectivity index (χ1v) is 3.67. The lowest BCUT2D eigenvalue weighted by atomic mass is 10.2. The molecule has 0 aromatic heterocycles. The lowest BCUT2D eigenvalue weighted by Gasteiger charge is -1.89. The van der Waals surface area contributed by atoms with Crippen molar-refractivity contribution in [2.75, 3.05) is 0 Å². The molecule has 0 saturated carbocycles. The topological polar surface area (TPSA) is 149 Å². The summed E-state index contributed by atoms with van der Waals surface area (Å²) in [5.74, 6) is -5.54. The maximum absolute atomic E-state index is 9.79. The zero-order valence-corrected chi connectivity index (χ0v) is 7.54. The third kappa shape index (κ3) is 18.7. The molecule has 0 amide bonds. The summed E-state index contributed by atoms with van der Waals surface area (Å²) in [6.45, 7) is 0. The third-order valence-corrected chi connectivity index (χ3v) is 0.964. The van der Waals surface area contributed by atoms with Gasteiger partial charge in [-0.2, -0.15) is 0 Å². The Morgan fingerprint density at radius 1 is 0.667 bits per heavy atom. The van der Waals surface area contributed by atoms with Gasteiger partial charge in [0.15, 0.2) is 0 Å². The van der Waals surface area contributed by atoms with E-state index >= 15 is 0 Å². The van der Waals surface area contributed by atoms with Crippen molar-refractivity contribution in [2.24, 2.45) is 0 Å². The number of carbonyl (C=O) groups is 4. The highest BCUT2D eigenvalue weighted by Crippen LogP contribution is 1.93. The van der Waals surface area contributed by atoms with E-state index in [1.165, 1.54) is 0 Å². The molecule has 0 aromatic rings. The molecule has 8 nitrogen and oxygen atoms in total. The maximum Gasteiger partial charge on any atom is 0.414 e. The van der Waals surface area contributed by atoms with Gasteiger partial charge in [-0.25, -0.2) is 9.59 Å². The average Bonchev–Trinajstić information content (AvgIpc) is 2.03. The molecule has 0 heterocycles. The van der Waals surface area contributed by atoms with Gasteiger partial charge in [-0.05, 0) is 6.42 Å². The van der Waals surface area contributed by atoms with Crippen LogP contribution in [0.5, 0.6) is 0 Å². The van der Waals surface area contributed by atoms with E-state index in [1.807, 2.05) is 0 Å². The van der Waals surface area contributed by atoms with Crippen molar-refractivity contribution >= 4 is 23.9 Å². The highest BCUT2D eigenvalue weighted by molar-refractivity contribution is 6.27. The van der Waals surface area contributed by atoms with Gasteiger partial charge in [0.1, 0.15) is 0 Å². The summed E-state index contributed by atoms with van der Waals surface area (Å²) < 4.78 is 0. The molecular formula is C7H10O8. The van der Waals surface area contributed by atoms with Gasteiger partial charge in [0.2, 0.25) is 0 Å². The summed E-state index contributed by atoms with van der Waals surface area (Å²) in [6.07, 6.45) is 0.0866. The minimum Gasteiger partial charge on any atom is -0.481 e. The second-order valence-electron chi connectivity index (χ2n) is 2.25. The molecular weight excluding hydrogens is 212 g/mol. The second kappa shape index (κ2) is 8.48. The molecule has 0 aliphatic carbocycles. The summed E-state index contributed by atoms with van der Waals surface area (Å²) in [5, 5.41) is 30.8. The molecule has 8 heteroatoms. The fourth-order valence-electron chi connectivity index (χ4n) is 0.391. The van der Waals surface area contributed by atoms with Crippen LogP contribution >= 0.6 is 0 Å². The first-order chi connectivity index (χ1) is 6.77. The summed E-state index contributed by atoms with van der Waals surface area (Å²) in [4.78, 5) is 37.8. The molecule has 4 N–H and O–H groups in total. The minimum atomic E-state index is -1.82. The van der Waals surface area contributed by atoms with Crippen molar-refractivity contribution < 1.29 is 39.6 Å². The number of carboxylic acids is 4. The standard InChI is InChI=1S/C5H8O4.C2H2O4/c6-4(7)2-1-3-5(8)9;3-1(4)2(5)6/h1-3H2,(H,6,7)(H,8,9);(H,3,4)(H,5,6). The van der Waals surface area contributed by atoms with Crippen LogP contribution in [0, 0.1) is 0 Å². The summed E-state index contributed by atoms with van der Waals surface area (Å²) >= 11 is 0. The van der Waals surface area contributed by atoms with Crippen molar-refractivity contribution in [3.8, 4) is 0 Å². The molecule has 0 aliphatic heterocycles. The van der Waals surface area contributed by atoms with E-state index < -0.39 is 23.9 Å². The van der Waals surface area contributed by atoms with Crippen LogP contribution in [-0.2, 0) is 19.2 Å². The van der Waals surface area contributed by atoms with E-state index in [1.54, 1.807) is 0 Å². The van der Waals surface area contributed by atoms with Crippen LogP contribution in [0.15, 0.2) is 0 Å². The van der Waals surface area contributed by atoms with Gasteiger partial charge in [-0.3, -0.25) is 9.59 Å². The molecule has 0 aromatic carbocycles. The van der Waals surface area contributed by atoms with Crippen molar-refractivity contribution in [1.82, 2.24) is 0 Å². The number of carboxylic acid groups (broad SMARTS) is 4. The normalized spacial score (nSPS) is 8.27. The largest absolute Gasteiger partial charge is 0.481 e. The highest BCUT2D eigenvalue weighted by Gasteiger charge is 2.04. The Balaban J connectivity index is 0. The number of hydrogen-bond donors (Lipinski definition) is 4. The summed E-state index contributed by atoms with van der Waals surface area (Å²) in [5.41, 5.74) is 0. The molecule has 0 bridgehead atoms. The monoisotopic (exact) mass is 222 g/mol. The molecule has 0 unspecified atom stereocenters. The quantitative estimate of drug-likeness (QED) is 0.464. The lowest BCUT2D eigenvalue weighted by molar-refractivity contribution is -0.159. The van der Waals surface area contributed by atoms with Crippen molar-refractivity contribution in [3.63, 3.8) is 0 Å². The number of rotatable bonds is 4. The molecule has 0 aliphatic rings. The molecule has 0 radical (unpaired) electrons. The first kappa shape index (κ1) is 15.4. The van der Waals surface area contributed by atoms with Gasteiger partial charge in [-0.15, -0.1) is 0 Å². The zero-order chi connectivity index (χ0) is 12.4. The summed E-state index contributed by atoms with van der Waals surface area (Å²) in [6, 6.07) is 0. The van der Waals surface area contributed by atoms with Crippen LogP contribution in [0.25, 0.3) is 0 Å². The van der Waals surface area contributed by atoms with Crippen LogP contribution in [0.3, 0.4) is 0 Å². The third-order valence-electron chi connectivity index (χ3n) is 0.964. The van der Waals surface area contributed by atoms with Crippen LogP contribution < -0.4 is 0 Å². The van der Waals surface area contributed by atoms with Crippen LogP contribution in [0.2, 0.25) is 0 Å². The smallest absolute Gasteiger partial charge is 0.414 e. The van der Waals surface area contributed by atoms with Gasteiger partial charge >= 0.3 is 23.9 Å². The van der Waals surface area contributed by atoms with E-state index in [9.17, 15) is 9.59 Å². The van der Waals surface area contributed by atoms with Gasteiger partial charge in [0, 0.05) is 12.8 Å². The van der Waals surface area contributed by atoms with Gasteiger partial charge in [-0.1, -0.05) is 0 Å². The Labute approximate surface area is 83.8 Å². The zero-order valence-electron chi connectivity index (χ0n) is 7.54. The Kier molecular flexibility index (Phi) is 8.68. The average molecular weight is 222 g/mol. The van der Waals surface area contributed by atoms with Crippen molar-refractivity contribution in [1.29, 1.82) is 0 Å². The van der Waals surface area contributed by atoms with E-state index in [-0.39, 0.29) is 19.3 Å². The fourth-order valence-corrected chi connectivity index (χ4v) is 0.391. The Morgan fingerprint density at radius 2 is 0.933 bits per heavy atom. The Bertz CT molecular complexity index is 230. The van der Waals surface area contributed by atoms with Crippen LogP contribution in [0.1, 0.15) is 19.3 Å². The molecule has 0 saturated heterocycles. The fraction of sp³-hybridized carbons (Fsp3) is 0.429.